The maximum Gasteiger partial charge on any atom is 0.350 e. The SMILES string of the molecule is CCOc1cc(OCCO)cc(C(Nc2ccc(C(=N)N)cc2)c2nn(-c3ncccn3)c(=O)[nH]2)c1. The van der Waals surface area contributed by atoms with Crippen molar-refractivity contribution in [2.45, 2.75) is 13.0 Å². The van der Waals surface area contributed by atoms with E-state index in [9.17, 15) is 9.90 Å². The first-order chi connectivity index (χ1) is 17.5. The molecule has 1 atom stereocenters. The van der Waals surface area contributed by atoms with Gasteiger partial charge in [-0.05, 0) is 55.0 Å². The highest BCUT2D eigenvalue weighted by molar-refractivity contribution is 5.95. The van der Waals surface area contributed by atoms with Gasteiger partial charge in [0.25, 0.3) is 5.95 Å². The molecule has 0 saturated carbocycles. The van der Waals surface area contributed by atoms with E-state index >= 15 is 0 Å². The Balaban J connectivity index is 1.79. The van der Waals surface area contributed by atoms with Gasteiger partial charge in [-0.3, -0.25) is 10.4 Å². The quantitative estimate of drug-likeness (QED) is 0.154. The molecule has 12 nitrogen and oxygen atoms in total. The van der Waals surface area contributed by atoms with Crippen molar-refractivity contribution >= 4 is 11.5 Å². The molecular weight excluding hydrogens is 464 g/mol. The van der Waals surface area contributed by atoms with Gasteiger partial charge in [0.15, 0.2) is 5.82 Å². The Hall–Kier alpha value is -4.71. The van der Waals surface area contributed by atoms with Gasteiger partial charge in [0.05, 0.1) is 13.2 Å². The average Bonchev–Trinajstić information content (AvgIpc) is 3.28. The third-order valence-electron chi connectivity index (χ3n) is 5.06. The third-order valence-corrected chi connectivity index (χ3v) is 5.06. The minimum absolute atomic E-state index is 0.0425. The van der Waals surface area contributed by atoms with Gasteiger partial charge in [0.1, 0.15) is 30.0 Å². The lowest BCUT2D eigenvalue weighted by molar-refractivity contribution is 0.200. The molecule has 12 heteroatoms. The van der Waals surface area contributed by atoms with Crippen molar-refractivity contribution in [2.75, 3.05) is 25.1 Å². The van der Waals surface area contributed by atoms with Crippen LogP contribution in [0.15, 0.2) is 65.7 Å². The largest absolute Gasteiger partial charge is 0.494 e. The number of ether oxygens (including phenoxy) is 2. The highest BCUT2D eigenvalue weighted by Crippen LogP contribution is 2.31. The van der Waals surface area contributed by atoms with E-state index in [0.29, 0.717) is 40.7 Å². The average molecular weight is 491 g/mol. The van der Waals surface area contributed by atoms with Gasteiger partial charge in [-0.1, -0.05) is 0 Å². The molecule has 0 aliphatic heterocycles. The number of nitrogen functional groups attached to an aromatic ring is 1. The number of nitrogens with one attached hydrogen (secondary N) is 3. The number of hydrogen-bond donors (Lipinski definition) is 5. The van der Waals surface area contributed by atoms with Gasteiger partial charge in [0.2, 0.25) is 0 Å². The maximum absolute atomic E-state index is 12.7. The van der Waals surface area contributed by atoms with Crippen LogP contribution >= 0.6 is 0 Å². The van der Waals surface area contributed by atoms with Crippen LogP contribution in [0.3, 0.4) is 0 Å². The molecule has 1 unspecified atom stereocenters. The Labute approximate surface area is 206 Å². The van der Waals surface area contributed by atoms with E-state index in [1.165, 1.54) is 12.4 Å². The number of amidine groups is 1. The van der Waals surface area contributed by atoms with E-state index in [2.05, 4.69) is 25.4 Å². The van der Waals surface area contributed by atoms with Gasteiger partial charge in [-0.2, -0.15) is 0 Å². The zero-order valence-electron chi connectivity index (χ0n) is 19.5. The van der Waals surface area contributed by atoms with Crippen LogP contribution in [0.25, 0.3) is 5.95 Å². The molecule has 0 radical (unpaired) electrons. The van der Waals surface area contributed by atoms with Crippen molar-refractivity contribution < 1.29 is 14.6 Å². The molecule has 4 rings (SSSR count). The normalized spacial score (nSPS) is 11.6. The topological polar surface area (TPSA) is 177 Å². The number of aliphatic hydroxyl groups excluding tert-OH is 1. The number of H-pyrrole nitrogens is 1. The zero-order chi connectivity index (χ0) is 25.5. The van der Waals surface area contributed by atoms with Crippen LogP contribution in [0.1, 0.15) is 29.9 Å². The Bertz CT molecular complexity index is 1370. The van der Waals surface area contributed by atoms with Crippen LogP contribution < -0.4 is 26.2 Å². The first-order valence-electron chi connectivity index (χ1n) is 11.2. The van der Waals surface area contributed by atoms with Gasteiger partial charge >= 0.3 is 5.69 Å². The summed E-state index contributed by atoms with van der Waals surface area (Å²) in [5.74, 6) is 1.42. The van der Waals surface area contributed by atoms with Gasteiger partial charge in [-0.15, -0.1) is 9.78 Å². The number of aliphatic hydroxyl groups is 1. The summed E-state index contributed by atoms with van der Waals surface area (Å²) < 4.78 is 12.4. The molecular formula is C24H26N8O4. The number of aromatic nitrogens is 5. The van der Waals surface area contributed by atoms with Crippen molar-refractivity contribution in [3.63, 3.8) is 0 Å². The predicted octanol–water partition coefficient (Wildman–Crippen LogP) is 1.61. The summed E-state index contributed by atoms with van der Waals surface area (Å²) in [6.45, 7) is 2.26. The number of benzene rings is 2. The molecule has 2 heterocycles. The Morgan fingerprint density at radius 2 is 1.86 bits per heavy atom. The van der Waals surface area contributed by atoms with Crippen LogP contribution in [0.2, 0.25) is 0 Å². The molecule has 0 spiro atoms. The Morgan fingerprint density at radius 3 is 2.50 bits per heavy atom. The van der Waals surface area contributed by atoms with Crippen LogP contribution in [-0.2, 0) is 0 Å². The fourth-order valence-corrected chi connectivity index (χ4v) is 3.49. The fourth-order valence-electron chi connectivity index (χ4n) is 3.49. The Morgan fingerprint density at radius 1 is 1.17 bits per heavy atom. The summed E-state index contributed by atoms with van der Waals surface area (Å²) in [5.41, 5.74) is 7.02. The van der Waals surface area contributed by atoms with Crippen LogP contribution in [0.4, 0.5) is 5.69 Å². The van der Waals surface area contributed by atoms with E-state index in [-0.39, 0.29) is 25.0 Å². The molecule has 0 aliphatic carbocycles. The van der Waals surface area contributed by atoms with E-state index in [1.54, 1.807) is 42.5 Å². The lowest BCUT2D eigenvalue weighted by atomic mass is 10.0. The van der Waals surface area contributed by atoms with E-state index < -0.39 is 11.7 Å². The molecule has 186 valence electrons. The minimum atomic E-state index is -0.650. The highest BCUT2D eigenvalue weighted by Gasteiger charge is 2.23. The first-order valence-corrected chi connectivity index (χ1v) is 11.2. The summed E-state index contributed by atoms with van der Waals surface area (Å²) in [4.78, 5) is 23.7. The van der Waals surface area contributed by atoms with Crippen molar-refractivity contribution in [3.05, 3.63) is 88.4 Å². The molecule has 0 amide bonds. The predicted molar refractivity (Wildman–Crippen MR) is 133 cm³/mol. The molecule has 0 aliphatic rings. The highest BCUT2D eigenvalue weighted by atomic mass is 16.5. The van der Waals surface area contributed by atoms with Crippen molar-refractivity contribution in [2.24, 2.45) is 5.73 Å². The standard InChI is InChI=1S/C24H26N8O4/c1-2-35-18-12-16(13-19(14-18)36-11-10-33)20(29-17-6-4-15(5-7-17)21(25)26)22-30-24(34)32(31-22)23-27-8-3-9-28-23/h3-9,12-14,20,29,33H,2,10-11H2,1H3,(H3,25,26)(H,30,31,34). The third kappa shape index (κ3) is 5.67. The Kier molecular flexibility index (Phi) is 7.56. The molecule has 0 bridgehead atoms. The van der Waals surface area contributed by atoms with Crippen molar-refractivity contribution in [1.82, 2.24) is 24.7 Å². The second kappa shape index (κ2) is 11.1. The van der Waals surface area contributed by atoms with Crippen molar-refractivity contribution in [3.8, 4) is 17.4 Å². The molecule has 6 N–H and O–H groups in total. The minimum Gasteiger partial charge on any atom is -0.494 e. The zero-order valence-corrected chi connectivity index (χ0v) is 19.5. The van der Waals surface area contributed by atoms with E-state index in [0.717, 1.165) is 4.68 Å². The number of rotatable bonds is 11. The summed E-state index contributed by atoms with van der Waals surface area (Å²) in [7, 11) is 0. The summed E-state index contributed by atoms with van der Waals surface area (Å²) in [5, 5.41) is 24.6. The van der Waals surface area contributed by atoms with Gasteiger partial charge < -0.3 is 25.6 Å². The van der Waals surface area contributed by atoms with Gasteiger partial charge in [0, 0.05) is 29.7 Å². The molecule has 36 heavy (non-hydrogen) atoms. The molecule has 2 aromatic carbocycles. The summed E-state index contributed by atoms with van der Waals surface area (Å²) in [6, 6.07) is 13.3. The molecule has 0 fully saturated rings. The number of nitrogens with two attached hydrogens (primary N) is 1. The molecule has 2 aromatic heterocycles. The number of nitrogens with zero attached hydrogens (tertiary/aromatic N) is 4. The summed E-state index contributed by atoms with van der Waals surface area (Å²) >= 11 is 0. The maximum atomic E-state index is 12.7. The van der Waals surface area contributed by atoms with E-state index in [4.69, 9.17) is 20.6 Å². The van der Waals surface area contributed by atoms with Gasteiger partial charge in [-0.25, -0.2) is 14.8 Å². The summed E-state index contributed by atoms with van der Waals surface area (Å²) in [6.07, 6.45) is 3.04. The fraction of sp³-hybridized carbons (Fsp3) is 0.208. The smallest absolute Gasteiger partial charge is 0.350 e. The molecule has 0 saturated heterocycles. The van der Waals surface area contributed by atoms with Crippen LogP contribution in [0.5, 0.6) is 11.5 Å². The van der Waals surface area contributed by atoms with Crippen LogP contribution in [0, 0.1) is 5.41 Å². The lowest BCUT2D eigenvalue weighted by Crippen LogP contribution is -2.18. The monoisotopic (exact) mass is 490 g/mol. The number of aromatic amines is 1. The number of hydrogen-bond acceptors (Lipinski definition) is 9. The second-order valence-electron chi connectivity index (χ2n) is 7.59. The number of anilines is 1. The second-order valence-corrected chi connectivity index (χ2v) is 7.59. The van der Waals surface area contributed by atoms with Crippen molar-refractivity contribution in [1.29, 1.82) is 5.41 Å². The van der Waals surface area contributed by atoms with Crippen LogP contribution in [-0.4, -0.2) is 55.5 Å². The lowest BCUT2D eigenvalue weighted by Gasteiger charge is -2.20. The molecule has 4 aromatic rings. The van der Waals surface area contributed by atoms with E-state index in [1.807, 2.05) is 13.0 Å². The first kappa shape index (κ1) is 24.4.